The number of rotatable bonds is 2. The highest BCUT2D eigenvalue weighted by atomic mass is 15.1. The Balaban J connectivity index is 1.30. The maximum absolute atomic E-state index is 5.29. The first-order valence-electron chi connectivity index (χ1n) is 16.6. The molecule has 0 aliphatic heterocycles. The molecule has 3 nitrogen and oxygen atoms in total. The molecule has 2 aliphatic carbocycles. The molecule has 1 unspecified atom stereocenters. The van der Waals surface area contributed by atoms with Gasteiger partial charge in [0.25, 0.3) is 0 Å². The predicted molar refractivity (Wildman–Crippen MR) is 194 cm³/mol. The van der Waals surface area contributed by atoms with Crippen LogP contribution in [0.5, 0.6) is 0 Å². The van der Waals surface area contributed by atoms with Gasteiger partial charge in [-0.25, -0.2) is 4.98 Å². The van der Waals surface area contributed by atoms with E-state index in [4.69, 9.17) is 4.98 Å². The summed E-state index contributed by atoms with van der Waals surface area (Å²) in [4.78, 5) is 5.29. The Bertz CT molecular complexity index is 2740. The first-order chi connectivity index (χ1) is 23.3. The van der Waals surface area contributed by atoms with E-state index in [1.807, 2.05) is 0 Å². The third kappa shape index (κ3) is 3.33. The van der Waals surface area contributed by atoms with Crippen molar-refractivity contribution in [3.05, 3.63) is 162 Å². The molecule has 3 aromatic heterocycles. The summed E-state index contributed by atoms with van der Waals surface area (Å²) < 4.78 is 4.79. The Morgan fingerprint density at radius 1 is 0.511 bits per heavy atom. The molecule has 0 amide bonds. The minimum atomic E-state index is 0.374. The first kappa shape index (κ1) is 25.3. The highest BCUT2D eigenvalue weighted by Crippen LogP contribution is 2.53. The summed E-state index contributed by atoms with van der Waals surface area (Å²) in [6.45, 7) is 0. The molecular weight excluding hydrogens is 571 g/mol. The molecule has 0 saturated carbocycles. The molecule has 47 heavy (non-hydrogen) atoms. The summed E-state index contributed by atoms with van der Waals surface area (Å²) >= 11 is 0. The van der Waals surface area contributed by atoms with Gasteiger partial charge in [0, 0.05) is 38.7 Å². The van der Waals surface area contributed by atoms with E-state index in [1.54, 1.807) is 0 Å². The van der Waals surface area contributed by atoms with E-state index in [9.17, 15) is 0 Å². The fourth-order valence-electron chi connectivity index (χ4n) is 8.87. The lowest BCUT2D eigenvalue weighted by atomic mass is 9.80. The van der Waals surface area contributed by atoms with Crippen molar-refractivity contribution < 1.29 is 0 Å². The van der Waals surface area contributed by atoms with Crippen LogP contribution < -0.4 is 0 Å². The van der Waals surface area contributed by atoms with Crippen molar-refractivity contribution >= 4 is 43.6 Å². The van der Waals surface area contributed by atoms with Crippen molar-refractivity contribution in [2.45, 2.75) is 18.8 Å². The molecule has 1 atom stereocenters. The van der Waals surface area contributed by atoms with Gasteiger partial charge in [0.05, 0.1) is 28.3 Å². The molecule has 0 saturated heterocycles. The maximum atomic E-state index is 5.29. The Hall–Kier alpha value is -5.93. The van der Waals surface area contributed by atoms with Gasteiger partial charge >= 0.3 is 0 Å². The van der Waals surface area contributed by atoms with Crippen molar-refractivity contribution in [3.63, 3.8) is 0 Å². The Kier molecular flexibility index (Phi) is 5.01. The average molecular weight is 600 g/mol. The highest BCUT2D eigenvalue weighted by molar-refractivity contribution is 6.17. The van der Waals surface area contributed by atoms with Gasteiger partial charge in [0.15, 0.2) is 0 Å². The third-order valence-electron chi connectivity index (χ3n) is 10.8. The van der Waals surface area contributed by atoms with Crippen LogP contribution in [0.2, 0.25) is 0 Å². The monoisotopic (exact) mass is 599 g/mol. The van der Waals surface area contributed by atoms with E-state index < -0.39 is 0 Å². The molecule has 0 N–H and O–H groups in total. The smallest absolute Gasteiger partial charge is 0.138 e. The molecular formula is C44H29N3. The van der Waals surface area contributed by atoms with Crippen molar-refractivity contribution in [3.8, 4) is 33.8 Å². The van der Waals surface area contributed by atoms with Crippen LogP contribution in [0.15, 0.2) is 146 Å². The fourth-order valence-corrected chi connectivity index (χ4v) is 8.87. The van der Waals surface area contributed by atoms with Gasteiger partial charge in [-0.2, -0.15) is 0 Å². The van der Waals surface area contributed by atoms with Gasteiger partial charge in [-0.15, -0.1) is 0 Å². The van der Waals surface area contributed by atoms with E-state index in [-0.39, 0.29) is 0 Å². The van der Waals surface area contributed by atoms with Crippen molar-refractivity contribution in [2.75, 3.05) is 0 Å². The highest BCUT2D eigenvalue weighted by Gasteiger charge is 2.34. The summed E-state index contributed by atoms with van der Waals surface area (Å²) in [5.74, 6) is 1.32. The van der Waals surface area contributed by atoms with Crippen LogP contribution in [0.3, 0.4) is 0 Å². The molecule has 220 valence electrons. The molecule has 0 spiro atoms. The topological polar surface area (TPSA) is 22.8 Å². The zero-order valence-electron chi connectivity index (χ0n) is 25.7. The lowest BCUT2D eigenvalue weighted by Crippen LogP contribution is -2.05. The molecule has 3 heteroatoms. The van der Waals surface area contributed by atoms with Crippen LogP contribution in [0.4, 0.5) is 0 Å². The zero-order valence-corrected chi connectivity index (χ0v) is 25.7. The van der Waals surface area contributed by atoms with E-state index >= 15 is 0 Å². The third-order valence-corrected chi connectivity index (χ3v) is 10.8. The quantitative estimate of drug-likeness (QED) is 0.194. The number of nitrogens with zero attached hydrogens (tertiary/aromatic N) is 3. The van der Waals surface area contributed by atoms with Crippen LogP contribution in [-0.2, 0) is 6.42 Å². The number of aromatic nitrogens is 3. The number of pyridine rings is 1. The molecule has 11 rings (SSSR count). The largest absolute Gasteiger partial charge is 0.308 e. The van der Waals surface area contributed by atoms with E-state index in [2.05, 4.69) is 155 Å². The van der Waals surface area contributed by atoms with Gasteiger partial charge in [0.2, 0.25) is 0 Å². The second-order valence-electron chi connectivity index (χ2n) is 13.0. The van der Waals surface area contributed by atoms with Crippen LogP contribution in [0, 0.1) is 0 Å². The van der Waals surface area contributed by atoms with Crippen molar-refractivity contribution in [1.82, 2.24) is 14.1 Å². The second kappa shape index (κ2) is 9.31. The summed E-state index contributed by atoms with van der Waals surface area (Å²) in [7, 11) is 0. The van der Waals surface area contributed by atoms with Gasteiger partial charge in [-0.1, -0.05) is 103 Å². The lowest BCUT2D eigenvalue weighted by molar-refractivity contribution is 0.736. The maximum Gasteiger partial charge on any atom is 0.138 e. The van der Waals surface area contributed by atoms with Crippen LogP contribution in [0.25, 0.3) is 77.4 Å². The summed E-state index contributed by atoms with van der Waals surface area (Å²) in [6, 6.07) is 51.3. The van der Waals surface area contributed by atoms with Crippen molar-refractivity contribution in [2.24, 2.45) is 0 Å². The Morgan fingerprint density at radius 2 is 1.15 bits per heavy atom. The summed E-state index contributed by atoms with van der Waals surface area (Å²) in [5.41, 5.74) is 15.7. The minimum absolute atomic E-state index is 0.374. The lowest BCUT2D eigenvalue weighted by Gasteiger charge is -2.25. The van der Waals surface area contributed by atoms with Crippen LogP contribution >= 0.6 is 0 Å². The zero-order chi connectivity index (χ0) is 30.6. The molecule has 2 bridgehead atoms. The predicted octanol–water partition coefficient (Wildman–Crippen LogP) is 11.0. The van der Waals surface area contributed by atoms with E-state index in [1.165, 1.54) is 77.0 Å². The molecule has 0 fully saturated rings. The number of hydrogen-bond donors (Lipinski definition) is 0. The van der Waals surface area contributed by atoms with Gasteiger partial charge in [0.1, 0.15) is 5.82 Å². The second-order valence-corrected chi connectivity index (χ2v) is 13.0. The van der Waals surface area contributed by atoms with Gasteiger partial charge in [-0.05, 0) is 82.6 Å². The van der Waals surface area contributed by atoms with Gasteiger partial charge < -0.3 is 4.57 Å². The average Bonchev–Trinajstić information content (AvgIpc) is 3.50. The Morgan fingerprint density at radius 3 is 1.96 bits per heavy atom. The number of para-hydroxylation sites is 3. The van der Waals surface area contributed by atoms with Gasteiger partial charge in [-0.3, -0.25) is 4.57 Å². The number of benzene rings is 6. The molecule has 0 radical (unpaired) electrons. The fraction of sp³-hybridized carbons (Fsp3) is 0.0682. The molecule has 2 aliphatic rings. The SMILES string of the molecule is c1ccc(-n2c3ccccc3c3cc(-n4c5ccccc5c5cc6c7c(c54)-c4ccccc4C(CC7)c4ccccc4-6)ncc32)cc1. The molecule has 9 aromatic rings. The summed E-state index contributed by atoms with van der Waals surface area (Å²) in [5, 5.41) is 4.99. The number of fused-ring (bicyclic) bond motifs is 15. The first-order valence-corrected chi connectivity index (χ1v) is 16.6. The van der Waals surface area contributed by atoms with E-state index in [0.717, 1.165) is 29.9 Å². The Labute approximate surface area is 272 Å². The minimum Gasteiger partial charge on any atom is -0.308 e. The standard InChI is InChI=1S/C44H29N3/c1-2-12-27(13-3-1)46-39-20-10-8-17-32(39)37-25-42(45-26-41(37)46)47-40-21-11-9-18-33(40)38-24-36-30-16-5-4-14-28(30)31-22-23-35(36)43(44(38)47)34-19-7-6-15-29(31)34/h1-21,24-26,31H,22-23H2. The molecule has 3 heterocycles. The van der Waals surface area contributed by atoms with Crippen LogP contribution in [0.1, 0.15) is 29.0 Å². The summed E-state index contributed by atoms with van der Waals surface area (Å²) in [6.07, 6.45) is 4.24. The van der Waals surface area contributed by atoms with E-state index in [0.29, 0.717) is 5.92 Å². The molecule has 6 aromatic carbocycles. The van der Waals surface area contributed by atoms with Crippen molar-refractivity contribution in [1.29, 1.82) is 0 Å². The normalized spacial score (nSPS) is 14.9. The van der Waals surface area contributed by atoms with Crippen LogP contribution in [-0.4, -0.2) is 14.1 Å². The number of hydrogen-bond acceptors (Lipinski definition) is 1.